The highest BCUT2D eigenvalue weighted by Crippen LogP contribution is 2.18. The van der Waals surface area contributed by atoms with Gasteiger partial charge >= 0.3 is 6.03 Å². The van der Waals surface area contributed by atoms with E-state index in [9.17, 15) is 4.79 Å². The lowest BCUT2D eigenvalue weighted by atomic mass is 10.2. The summed E-state index contributed by atoms with van der Waals surface area (Å²) in [6.45, 7) is 2.99. The molecule has 1 aliphatic rings. The van der Waals surface area contributed by atoms with Gasteiger partial charge in [-0.15, -0.1) is 10.2 Å². The maximum absolute atomic E-state index is 12.2. The van der Waals surface area contributed by atoms with Crippen LogP contribution >= 0.6 is 11.3 Å². The van der Waals surface area contributed by atoms with E-state index in [2.05, 4.69) is 26.5 Å². The van der Waals surface area contributed by atoms with Crippen LogP contribution in [0.1, 0.15) is 12.0 Å². The number of anilines is 2. The van der Waals surface area contributed by atoms with Crippen LogP contribution in [0.15, 0.2) is 29.8 Å². The predicted molar refractivity (Wildman–Crippen MR) is 88.5 cm³/mol. The number of carbonyl (C=O) groups excluding carboxylic acids is 1. The largest absolute Gasteiger partial charge is 0.370 e. The molecule has 1 fully saturated rings. The van der Waals surface area contributed by atoms with Gasteiger partial charge in [0.25, 0.3) is 0 Å². The van der Waals surface area contributed by atoms with Gasteiger partial charge in [-0.3, -0.25) is 5.32 Å². The monoisotopic (exact) mass is 328 g/mol. The molecular weight excluding hydrogens is 312 g/mol. The van der Waals surface area contributed by atoms with Crippen molar-refractivity contribution in [2.45, 2.75) is 6.42 Å². The highest BCUT2D eigenvalue weighted by atomic mass is 32.1. The number of aromatic nitrogens is 2. The Hall–Kier alpha value is -2.66. The third-order valence-electron chi connectivity index (χ3n) is 3.72. The Labute approximate surface area is 138 Å². The summed E-state index contributed by atoms with van der Waals surface area (Å²) in [7, 11) is 0. The lowest BCUT2D eigenvalue weighted by molar-refractivity contribution is 0.215. The van der Waals surface area contributed by atoms with Crippen LogP contribution in [-0.4, -0.2) is 47.3 Å². The van der Waals surface area contributed by atoms with E-state index in [-0.39, 0.29) is 6.03 Å². The number of nitrogens with zero attached hydrogens (tertiary/aromatic N) is 5. The first-order valence-electron chi connectivity index (χ1n) is 7.33. The van der Waals surface area contributed by atoms with Gasteiger partial charge in [0.05, 0.1) is 11.6 Å². The zero-order chi connectivity index (χ0) is 16.1. The zero-order valence-corrected chi connectivity index (χ0v) is 13.3. The quantitative estimate of drug-likeness (QED) is 0.913. The van der Waals surface area contributed by atoms with Gasteiger partial charge in [-0.25, -0.2) is 4.79 Å². The van der Waals surface area contributed by atoms with E-state index in [4.69, 9.17) is 5.26 Å². The fourth-order valence-electron chi connectivity index (χ4n) is 2.52. The summed E-state index contributed by atoms with van der Waals surface area (Å²) in [4.78, 5) is 16.3. The molecule has 1 aromatic heterocycles. The third-order valence-corrected chi connectivity index (χ3v) is 4.33. The first kappa shape index (κ1) is 15.2. The van der Waals surface area contributed by atoms with E-state index in [1.807, 2.05) is 24.3 Å². The molecule has 1 saturated heterocycles. The summed E-state index contributed by atoms with van der Waals surface area (Å²) in [5, 5.41) is 19.7. The van der Waals surface area contributed by atoms with Gasteiger partial charge in [0, 0.05) is 31.9 Å². The summed E-state index contributed by atoms with van der Waals surface area (Å²) < 4.78 is 0. The van der Waals surface area contributed by atoms with Crippen LogP contribution in [0.5, 0.6) is 0 Å². The van der Waals surface area contributed by atoms with Crippen LogP contribution in [0.25, 0.3) is 0 Å². The SMILES string of the molecule is N#Cc1ccc(N2CCCN(C(=O)Nc3nncs3)CC2)cc1. The lowest BCUT2D eigenvalue weighted by Gasteiger charge is -2.23. The Morgan fingerprint density at radius 2 is 2.04 bits per heavy atom. The molecule has 2 aromatic rings. The molecule has 1 N–H and O–H groups in total. The Balaban J connectivity index is 1.60. The summed E-state index contributed by atoms with van der Waals surface area (Å²) in [5.74, 6) is 0. The molecule has 8 heteroatoms. The second-order valence-corrected chi connectivity index (χ2v) is 5.99. The van der Waals surface area contributed by atoms with E-state index in [1.165, 1.54) is 11.3 Å². The minimum absolute atomic E-state index is 0.136. The number of urea groups is 1. The molecule has 2 heterocycles. The summed E-state index contributed by atoms with van der Waals surface area (Å²) in [6.07, 6.45) is 0.892. The minimum atomic E-state index is -0.136. The molecule has 2 amide bonds. The molecule has 0 saturated carbocycles. The maximum Gasteiger partial charge on any atom is 0.323 e. The van der Waals surface area contributed by atoms with Crippen molar-refractivity contribution in [2.24, 2.45) is 0 Å². The highest BCUT2D eigenvalue weighted by Gasteiger charge is 2.20. The minimum Gasteiger partial charge on any atom is -0.370 e. The van der Waals surface area contributed by atoms with Gasteiger partial charge in [0.2, 0.25) is 5.13 Å². The van der Waals surface area contributed by atoms with Crippen molar-refractivity contribution in [3.05, 3.63) is 35.3 Å². The second kappa shape index (κ2) is 7.07. The normalized spacial score (nSPS) is 14.9. The molecule has 1 aromatic carbocycles. The van der Waals surface area contributed by atoms with Crippen LogP contribution in [0.4, 0.5) is 15.6 Å². The molecule has 23 heavy (non-hydrogen) atoms. The molecule has 0 atom stereocenters. The van der Waals surface area contributed by atoms with Gasteiger partial charge in [0.15, 0.2) is 0 Å². The number of hydrogen-bond donors (Lipinski definition) is 1. The number of benzene rings is 1. The Morgan fingerprint density at radius 3 is 2.74 bits per heavy atom. The number of amides is 2. The van der Waals surface area contributed by atoms with Crippen molar-refractivity contribution in [1.29, 1.82) is 5.26 Å². The second-order valence-electron chi connectivity index (χ2n) is 5.16. The molecule has 3 rings (SSSR count). The molecule has 0 spiro atoms. The van der Waals surface area contributed by atoms with E-state index in [1.54, 1.807) is 10.4 Å². The van der Waals surface area contributed by atoms with Crippen LogP contribution in [0, 0.1) is 11.3 Å². The topological polar surface area (TPSA) is 85.2 Å². The van der Waals surface area contributed by atoms with Crippen molar-refractivity contribution in [1.82, 2.24) is 15.1 Å². The fourth-order valence-corrected chi connectivity index (χ4v) is 2.96. The summed E-state index contributed by atoms with van der Waals surface area (Å²) in [6, 6.07) is 9.53. The van der Waals surface area contributed by atoms with Crippen molar-refractivity contribution in [3.8, 4) is 6.07 Å². The van der Waals surface area contributed by atoms with Gasteiger partial charge in [-0.2, -0.15) is 5.26 Å². The average molecular weight is 328 g/mol. The average Bonchev–Trinajstić information content (AvgIpc) is 2.96. The standard InChI is InChI=1S/C15H16N6OS/c16-10-12-2-4-13(5-3-12)20-6-1-7-21(9-8-20)15(22)18-14-19-17-11-23-14/h2-5,11H,1,6-9H2,(H,18,19,22). The smallest absolute Gasteiger partial charge is 0.323 e. The fraction of sp³-hybridized carbons (Fsp3) is 0.333. The molecule has 0 aliphatic carbocycles. The van der Waals surface area contributed by atoms with Crippen molar-refractivity contribution < 1.29 is 4.79 Å². The highest BCUT2D eigenvalue weighted by molar-refractivity contribution is 7.13. The third kappa shape index (κ3) is 3.76. The molecule has 118 valence electrons. The summed E-state index contributed by atoms with van der Waals surface area (Å²) in [5.41, 5.74) is 3.32. The lowest BCUT2D eigenvalue weighted by Crippen LogP contribution is -2.38. The number of rotatable bonds is 2. The number of nitrogens with one attached hydrogen (secondary N) is 1. The maximum atomic E-state index is 12.2. The van der Waals surface area contributed by atoms with E-state index >= 15 is 0 Å². The molecule has 0 unspecified atom stereocenters. The Bertz CT molecular complexity index is 694. The first-order chi connectivity index (χ1) is 11.3. The zero-order valence-electron chi connectivity index (χ0n) is 12.5. The van der Waals surface area contributed by atoms with E-state index in [0.29, 0.717) is 23.8 Å². The van der Waals surface area contributed by atoms with Crippen LogP contribution in [0.3, 0.4) is 0 Å². The molecule has 0 bridgehead atoms. The molecule has 7 nitrogen and oxygen atoms in total. The van der Waals surface area contributed by atoms with Crippen molar-refractivity contribution in [3.63, 3.8) is 0 Å². The Kier molecular flexibility index (Phi) is 4.68. The Morgan fingerprint density at radius 1 is 1.22 bits per heavy atom. The molecule has 1 aliphatic heterocycles. The summed E-state index contributed by atoms with van der Waals surface area (Å²) >= 11 is 1.30. The van der Waals surface area contributed by atoms with Crippen molar-refractivity contribution in [2.75, 3.05) is 36.4 Å². The van der Waals surface area contributed by atoms with Gasteiger partial charge in [0.1, 0.15) is 5.51 Å². The molecule has 0 radical (unpaired) electrons. The van der Waals surface area contributed by atoms with Gasteiger partial charge < -0.3 is 9.80 Å². The number of carbonyl (C=O) groups is 1. The van der Waals surface area contributed by atoms with E-state index in [0.717, 1.165) is 25.2 Å². The van der Waals surface area contributed by atoms with Gasteiger partial charge in [-0.1, -0.05) is 11.3 Å². The number of hydrogen-bond acceptors (Lipinski definition) is 6. The van der Waals surface area contributed by atoms with E-state index < -0.39 is 0 Å². The van der Waals surface area contributed by atoms with Crippen LogP contribution < -0.4 is 10.2 Å². The van der Waals surface area contributed by atoms with Gasteiger partial charge in [-0.05, 0) is 30.7 Å². The first-order valence-corrected chi connectivity index (χ1v) is 8.21. The van der Waals surface area contributed by atoms with Crippen molar-refractivity contribution >= 4 is 28.2 Å². The van der Waals surface area contributed by atoms with Crippen LogP contribution in [-0.2, 0) is 0 Å². The predicted octanol–water partition coefficient (Wildman–Crippen LogP) is 2.15. The number of nitriles is 1. The van der Waals surface area contributed by atoms with Crippen LogP contribution in [0.2, 0.25) is 0 Å². The molecular formula is C15H16N6OS.